The largest absolute Gasteiger partial charge is 0.451 e. The Balaban J connectivity index is 1.55. The second-order valence-corrected chi connectivity index (χ2v) is 10.4. The number of hydrogen-bond donors (Lipinski definition) is 0. The zero-order valence-electron chi connectivity index (χ0n) is 17.4. The molecule has 1 aliphatic carbocycles. The average Bonchev–Trinajstić information content (AvgIpc) is 3.10. The maximum atomic E-state index is 13.3. The molecule has 0 radical (unpaired) electrons. The van der Waals surface area contributed by atoms with Gasteiger partial charge in [0.15, 0.2) is 15.6 Å². The highest BCUT2D eigenvalue weighted by molar-refractivity contribution is 7.89. The topological polar surface area (TPSA) is 67.6 Å². The number of carbonyl (C=O) groups excluding carboxylic acids is 1. The summed E-state index contributed by atoms with van der Waals surface area (Å²) < 4.78 is 29.8. The Kier molecular flexibility index (Phi) is 5.69. The molecular weight excluding hydrogens is 398 g/mol. The minimum Gasteiger partial charge on any atom is -0.451 e. The van der Waals surface area contributed by atoms with Crippen LogP contribution in [0, 0.1) is 0 Å². The maximum Gasteiger partial charge on any atom is 0.289 e. The lowest BCUT2D eigenvalue weighted by molar-refractivity contribution is 0.0658. The molecule has 0 bridgehead atoms. The Morgan fingerprint density at radius 2 is 1.63 bits per heavy atom. The lowest BCUT2D eigenvalue weighted by Crippen LogP contribution is -2.39. The van der Waals surface area contributed by atoms with Gasteiger partial charge in [-0.1, -0.05) is 48.5 Å². The number of benzene rings is 2. The van der Waals surface area contributed by atoms with E-state index in [9.17, 15) is 13.2 Å². The van der Waals surface area contributed by atoms with Crippen molar-refractivity contribution in [2.45, 2.75) is 43.4 Å². The lowest BCUT2D eigenvalue weighted by Gasteiger charge is -2.34. The predicted octanol–water partition coefficient (Wildman–Crippen LogP) is 4.78. The molecule has 0 N–H and O–H groups in total. The number of amides is 1. The van der Waals surface area contributed by atoms with Crippen LogP contribution in [0.15, 0.2) is 59.0 Å². The van der Waals surface area contributed by atoms with Crippen molar-refractivity contribution >= 4 is 26.7 Å². The molecule has 1 aromatic heterocycles. The van der Waals surface area contributed by atoms with Gasteiger partial charge < -0.3 is 9.32 Å². The van der Waals surface area contributed by atoms with Gasteiger partial charge in [-0.3, -0.25) is 4.79 Å². The average molecular weight is 426 g/mol. The molecule has 5 nitrogen and oxygen atoms in total. The Morgan fingerprint density at radius 3 is 2.30 bits per heavy atom. The number of fused-ring (bicyclic) bond motifs is 1. The monoisotopic (exact) mass is 425 g/mol. The smallest absolute Gasteiger partial charge is 0.289 e. The zero-order valence-corrected chi connectivity index (χ0v) is 18.2. The van der Waals surface area contributed by atoms with Crippen LogP contribution in [-0.4, -0.2) is 38.6 Å². The van der Waals surface area contributed by atoms with Gasteiger partial charge in [-0.05, 0) is 43.2 Å². The molecule has 1 amide bonds. The van der Waals surface area contributed by atoms with E-state index in [2.05, 4.69) is 24.3 Å². The predicted molar refractivity (Wildman–Crippen MR) is 118 cm³/mol. The van der Waals surface area contributed by atoms with Gasteiger partial charge in [0, 0.05) is 30.3 Å². The van der Waals surface area contributed by atoms with Crippen LogP contribution in [0.3, 0.4) is 0 Å². The molecule has 0 saturated heterocycles. The summed E-state index contributed by atoms with van der Waals surface area (Å²) in [6, 6.07) is 17.9. The summed E-state index contributed by atoms with van der Waals surface area (Å²) in [4.78, 5) is 15.0. The van der Waals surface area contributed by atoms with Crippen LogP contribution in [0.2, 0.25) is 0 Å². The fraction of sp³-hybridized carbons (Fsp3) is 0.375. The molecular formula is C24H27NO4S. The Bertz CT molecular complexity index is 1140. The summed E-state index contributed by atoms with van der Waals surface area (Å²) in [5.41, 5.74) is 2.36. The summed E-state index contributed by atoms with van der Waals surface area (Å²) >= 11 is 0. The normalized spacial score (nSPS) is 19.7. The first kappa shape index (κ1) is 20.7. The first-order valence-corrected chi connectivity index (χ1v) is 12.4. The van der Waals surface area contributed by atoms with Gasteiger partial charge in [-0.15, -0.1) is 0 Å². The van der Waals surface area contributed by atoms with Gasteiger partial charge in [0.05, 0.1) is 5.75 Å². The second kappa shape index (κ2) is 8.26. The fourth-order valence-electron chi connectivity index (χ4n) is 4.52. The first-order chi connectivity index (χ1) is 14.3. The van der Waals surface area contributed by atoms with Crippen molar-refractivity contribution in [1.82, 2.24) is 4.90 Å². The Labute approximate surface area is 177 Å². The summed E-state index contributed by atoms with van der Waals surface area (Å²) in [6.07, 6.45) is 5.08. The Morgan fingerprint density at radius 1 is 1.00 bits per heavy atom. The van der Waals surface area contributed by atoms with Crippen molar-refractivity contribution < 1.29 is 17.6 Å². The fourth-order valence-corrected chi connectivity index (χ4v) is 5.34. The summed E-state index contributed by atoms with van der Waals surface area (Å²) in [7, 11) is -1.51. The zero-order chi connectivity index (χ0) is 21.3. The van der Waals surface area contributed by atoms with E-state index in [1.54, 1.807) is 24.1 Å². The molecule has 3 aromatic rings. The maximum absolute atomic E-state index is 13.3. The molecule has 1 saturated carbocycles. The number of nitrogens with zero attached hydrogens (tertiary/aromatic N) is 1. The number of rotatable bonds is 5. The van der Waals surface area contributed by atoms with Crippen molar-refractivity contribution in [3.05, 3.63) is 71.5 Å². The minimum absolute atomic E-state index is 0.122. The van der Waals surface area contributed by atoms with Gasteiger partial charge in [0.25, 0.3) is 5.91 Å². The van der Waals surface area contributed by atoms with Crippen LogP contribution in [-0.2, 0) is 15.6 Å². The minimum atomic E-state index is -3.31. The van der Waals surface area contributed by atoms with Gasteiger partial charge in [0.1, 0.15) is 5.58 Å². The highest BCUT2D eigenvalue weighted by Gasteiger charge is 2.31. The highest BCUT2D eigenvalue weighted by Crippen LogP contribution is 2.35. The third-order valence-electron chi connectivity index (χ3n) is 6.13. The van der Waals surface area contributed by atoms with Crippen molar-refractivity contribution in [2.75, 3.05) is 13.3 Å². The number of para-hydroxylation sites is 1. The standard InChI is InChI=1S/C24H27NO4S/c1-25(19-14-12-18(13-15-19)17-8-4-3-5-9-17)24(26)23-21(16-30(2,27)28)20-10-6-7-11-22(20)29-23/h3-11,18-19H,12-16H2,1-2H3. The highest BCUT2D eigenvalue weighted by atomic mass is 32.2. The van der Waals surface area contributed by atoms with E-state index in [0.29, 0.717) is 22.5 Å². The van der Waals surface area contributed by atoms with E-state index < -0.39 is 9.84 Å². The van der Waals surface area contributed by atoms with Crippen LogP contribution >= 0.6 is 0 Å². The SMILES string of the molecule is CN(C(=O)c1oc2ccccc2c1CS(C)(=O)=O)C1CCC(c2ccccc2)CC1. The molecule has 30 heavy (non-hydrogen) atoms. The van der Waals surface area contributed by atoms with Gasteiger partial charge in [0.2, 0.25) is 0 Å². The molecule has 2 aromatic carbocycles. The molecule has 0 spiro atoms. The van der Waals surface area contributed by atoms with Crippen LogP contribution in [0.25, 0.3) is 11.0 Å². The molecule has 0 aliphatic heterocycles. The van der Waals surface area contributed by atoms with E-state index in [1.165, 1.54) is 11.8 Å². The molecule has 1 fully saturated rings. The third kappa shape index (κ3) is 4.29. The summed E-state index contributed by atoms with van der Waals surface area (Å²) in [5, 5.41) is 0.687. The molecule has 1 aliphatic rings. The number of furan rings is 1. The van der Waals surface area contributed by atoms with Crippen molar-refractivity contribution in [3.8, 4) is 0 Å². The van der Waals surface area contributed by atoms with Gasteiger partial charge >= 0.3 is 0 Å². The van der Waals surface area contributed by atoms with Gasteiger partial charge in [-0.25, -0.2) is 8.42 Å². The summed E-state index contributed by atoms with van der Waals surface area (Å²) in [6.45, 7) is 0. The van der Waals surface area contributed by atoms with Crippen molar-refractivity contribution in [1.29, 1.82) is 0 Å². The molecule has 6 heteroatoms. The first-order valence-electron chi connectivity index (χ1n) is 10.3. The van der Waals surface area contributed by atoms with E-state index in [1.807, 2.05) is 18.2 Å². The van der Waals surface area contributed by atoms with E-state index in [4.69, 9.17) is 4.42 Å². The number of carbonyl (C=O) groups is 1. The number of sulfone groups is 1. The van der Waals surface area contributed by atoms with Gasteiger partial charge in [-0.2, -0.15) is 0 Å². The van der Waals surface area contributed by atoms with Crippen LogP contribution < -0.4 is 0 Å². The lowest BCUT2D eigenvalue weighted by atomic mass is 9.81. The quantitative estimate of drug-likeness (QED) is 0.590. The van der Waals surface area contributed by atoms with Crippen molar-refractivity contribution in [3.63, 3.8) is 0 Å². The van der Waals surface area contributed by atoms with E-state index in [-0.39, 0.29) is 23.5 Å². The molecule has 0 unspecified atom stereocenters. The van der Waals surface area contributed by atoms with E-state index >= 15 is 0 Å². The molecule has 158 valence electrons. The summed E-state index contributed by atoms with van der Waals surface area (Å²) in [5.74, 6) is 0.222. The second-order valence-electron chi connectivity index (χ2n) is 8.31. The molecule has 1 heterocycles. The van der Waals surface area contributed by atoms with Crippen LogP contribution in [0.4, 0.5) is 0 Å². The third-order valence-corrected chi connectivity index (χ3v) is 6.95. The van der Waals surface area contributed by atoms with E-state index in [0.717, 1.165) is 25.7 Å². The Hall–Kier alpha value is -2.60. The molecule has 0 atom stereocenters. The molecule has 4 rings (SSSR count). The van der Waals surface area contributed by atoms with Crippen LogP contribution in [0.5, 0.6) is 0 Å². The van der Waals surface area contributed by atoms with Crippen molar-refractivity contribution in [2.24, 2.45) is 0 Å². The number of hydrogen-bond acceptors (Lipinski definition) is 4. The van der Waals surface area contributed by atoms with Crippen LogP contribution in [0.1, 0.15) is 53.3 Å².